The van der Waals surface area contributed by atoms with Crippen LogP contribution < -0.4 is 5.22 Å². The third-order valence-corrected chi connectivity index (χ3v) is 9.02. The Kier molecular flexibility index (Phi) is 5.43. The van der Waals surface area contributed by atoms with Crippen LogP contribution in [0.4, 0.5) is 0 Å². The van der Waals surface area contributed by atoms with Crippen LogP contribution in [0.2, 0.25) is 0 Å². The van der Waals surface area contributed by atoms with Gasteiger partial charge >= 0.3 is 0 Å². The number of rotatable bonds is 3. The fourth-order valence-electron chi connectivity index (χ4n) is 6.92. The third kappa shape index (κ3) is 3.68. The topological polar surface area (TPSA) is 0 Å². The second-order valence-corrected chi connectivity index (χ2v) is 11.2. The third-order valence-electron chi connectivity index (χ3n) is 9.02. The van der Waals surface area contributed by atoms with E-state index >= 15 is 0 Å². The Morgan fingerprint density at radius 2 is 1.15 bits per heavy atom. The molecule has 194 valence electrons. The molecule has 0 radical (unpaired) electrons. The smallest absolute Gasteiger partial charge is 0.00237 e. The first-order valence-corrected chi connectivity index (χ1v) is 14.6. The number of benzene rings is 8. The second-order valence-electron chi connectivity index (χ2n) is 11.2. The molecule has 0 saturated carbocycles. The normalized spacial score (nSPS) is 12.6. The molecule has 0 aliphatic rings. The largest absolute Gasteiger partial charge is 0.0616 e. The van der Waals surface area contributed by atoms with Crippen LogP contribution in [0.15, 0.2) is 133 Å². The fourth-order valence-corrected chi connectivity index (χ4v) is 6.92. The molecule has 0 heterocycles. The van der Waals surface area contributed by atoms with E-state index in [2.05, 4.69) is 147 Å². The van der Waals surface area contributed by atoms with E-state index in [0.29, 0.717) is 0 Å². The summed E-state index contributed by atoms with van der Waals surface area (Å²) in [4.78, 5) is 0. The molecule has 0 unspecified atom stereocenters. The molecule has 0 nitrogen and oxygen atoms in total. The van der Waals surface area contributed by atoms with Crippen molar-refractivity contribution in [1.82, 2.24) is 0 Å². The van der Waals surface area contributed by atoms with E-state index in [1.165, 1.54) is 86.9 Å². The monoisotopic (exact) mass is 522 g/mol. The van der Waals surface area contributed by atoms with E-state index in [1.807, 2.05) is 0 Å². The summed E-state index contributed by atoms with van der Waals surface area (Å²) in [5.74, 6) is 0. The molecule has 0 aliphatic heterocycles. The van der Waals surface area contributed by atoms with Crippen molar-refractivity contribution in [3.05, 3.63) is 150 Å². The average Bonchev–Trinajstić information content (AvgIpc) is 3.04. The lowest BCUT2D eigenvalue weighted by atomic mass is 9.86. The van der Waals surface area contributed by atoms with Gasteiger partial charge < -0.3 is 0 Å². The highest BCUT2D eigenvalue weighted by Crippen LogP contribution is 2.40. The maximum atomic E-state index is 2.39. The predicted octanol–water partition coefficient (Wildman–Crippen LogP) is 10.6. The molecule has 0 heteroatoms. The van der Waals surface area contributed by atoms with Gasteiger partial charge in [-0.2, -0.15) is 0 Å². The SMILES string of the molecule is CCc1ccc2c(-c3cc4ccccc4c4ccccc34)ccc3cc/c(=C(/C)c4ccc5ccccc5c4)c1c32. The Bertz CT molecular complexity index is 2350. The van der Waals surface area contributed by atoms with Crippen LogP contribution in [0.3, 0.4) is 0 Å². The van der Waals surface area contributed by atoms with Crippen molar-refractivity contribution in [3.8, 4) is 11.1 Å². The molecule has 8 aromatic carbocycles. The van der Waals surface area contributed by atoms with E-state index in [-0.39, 0.29) is 0 Å². The van der Waals surface area contributed by atoms with Crippen LogP contribution in [-0.4, -0.2) is 0 Å². The molecule has 0 saturated heterocycles. The first kappa shape index (κ1) is 23.9. The summed E-state index contributed by atoms with van der Waals surface area (Å²) < 4.78 is 0. The van der Waals surface area contributed by atoms with Crippen LogP contribution >= 0.6 is 0 Å². The van der Waals surface area contributed by atoms with E-state index in [1.54, 1.807) is 0 Å². The maximum Gasteiger partial charge on any atom is -0.00237 e. The fraction of sp³-hybridized carbons (Fsp3) is 0.0732. The van der Waals surface area contributed by atoms with Gasteiger partial charge in [0.05, 0.1) is 0 Å². The Morgan fingerprint density at radius 1 is 0.463 bits per heavy atom. The lowest BCUT2D eigenvalue weighted by Gasteiger charge is -2.17. The van der Waals surface area contributed by atoms with Crippen molar-refractivity contribution in [1.29, 1.82) is 0 Å². The average molecular weight is 523 g/mol. The van der Waals surface area contributed by atoms with Crippen LogP contribution in [0.5, 0.6) is 0 Å². The van der Waals surface area contributed by atoms with Gasteiger partial charge in [-0.15, -0.1) is 0 Å². The van der Waals surface area contributed by atoms with Crippen LogP contribution in [0, 0.1) is 0 Å². The van der Waals surface area contributed by atoms with Gasteiger partial charge in [-0.05, 0) is 112 Å². The molecule has 0 atom stereocenters. The second kappa shape index (κ2) is 9.32. The van der Waals surface area contributed by atoms with Gasteiger partial charge in [0.15, 0.2) is 0 Å². The summed E-state index contributed by atoms with van der Waals surface area (Å²) in [7, 11) is 0. The summed E-state index contributed by atoms with van der Waals surface area (Å²) in [6.45, 7) is 4.56. The van der Waals surface area contributed by atoms with Crippen molar-refractivity contribution in [3.63, 3.8) is 0 Å². The van der Waals surface area contributed by atoms with Crippen LogP contribution in [0.25, 0.3) is 70.6 Å². The highest BCUT2D eigenvalue weighted by Gasteiger charge is 2.16. The van der Waals surface area contributed by atoms with Gasteiger partial charge in [0.1, 0.15) is 0 Å². The Balaban J connectivity index is 1.48. The van der Waals surface area contributed by atoms with Crippen LogP contribution in [0.1, 0.15) is 25.0 Å². The van der Waals surface area contributed by atoms with Crippen molar-refractivity contribution in [2.45, 2.75) is 20.3 Å². The molecule has 0 N–H and O–H groups in total. The summed E-state index contributed by atoms with van der Waals surface area (Å²) in [5, 5.41) is 14.5. The van der Waals surface area contributed by atoms with E-state index in [9.17, 15) is 0 Å². The van der Waals surface area contributed by atoms with Crippen molar-refractivity contribution in [2.75, 3.05) is 0 Å². The van der Waals surface area contributed by atoms with Gasteiger partial charge in [-0.3, -0.25) is 0 Å². The zero-order valence-electron chi connectivity index (χ0n) is 23.4. The van der Waals surface area contributed by atoms with Gasteiger partial charge in [-0.25, -0.2) is 0 Å². The molecule has 0 aliphatic carbocycles. The van der Waals surface area contributed by atoms with Gasteiger partial charge in [0, 0.05) is 0 Å². The number of aryl methyl sites for hydroxylation is 1. The van der Waals surface area contributed by atoms with Gasteiger partial charge in [0.25, 0.3) is 0 Å². The van der Waals surface area contributed by atoms with Gasteiger partial charge in [0.2, 0.25) is 0 Å². The molecular weight excluding hydrogens is 492 g/mol. The van der Waals surface area contributed by atoms with Crippen LogP contribution in [-0.2, 0) is 6.42 Å². The number of hydrogen-bond acceptors (Lipinski definition) is 0. The lowest BCUT2D eigenvalue weighted by Crippen LogP contribution is -2.10. The van der Waals surface area contributed by atoms with E-state index < -0.39 is 0 Å². The first-order valence-electron chi connectivity index (χ1n) is 14.6. The zero-order valence-corrected chi connectivity index (χ0v) is 23.4. The summed E-state index contributed by atoms with van der Waals surface area (Å²) in [6, 6.07) is 49.5. The number of hydrogen-bond donors (Lipinski definition) is 0. The molecule has 0 amide bonds. The Morgan fingerprint density at radius 3 is 1.98 bits per heavy atom. The highest BCUT2D eigenvalue weighted by molar-refractivity contribution is 6.21. The Hall–Kier alpha value is -4.94. The molecule has 8 rings (SSSR count). The summed E-state index contributed by atoms with van der Waals surface area (Å²) >= 11 is 0. The molecular formula is C41H30. The molecule has 0 spiro atoms. The minimum absolute atomic E-state index is 0.996. The molecule has 8 aromatic rings. The summed E-state index contributed by atoms with van der Waals surface area (Å²) in [5.41, 5.74) is 6.60. The molecule has 0 bridgehead atoms. The molecule has 0 fully saturated rings. The zero-order chi connectivity index (χ0) is 27.5. The molecule has 41 heavy (non-hydrogen) atoms. The quantitative estimate of drug-likeness (QED) is 0.202. The Labute approximate surface area is 240 Å². The van der Waals surface area contributed by atoms with E-state index in [4.69, 9.17) is 0 Å². The standard InChI is InChI=1S/C41H30/c1-3-27-18-23-38-37(39-25-32-12-6-7-13-34(32)35-14-8-9-15-36(35)39)22-20-29-19-21-33(40(27)41(29)38)26(2)30-17-16-28-10-4-5-11-31(28)24-30/h4-25H,3H2,1-2H3/b33-26+. The summed E-state index contributed by atoms with van der Waals surface area (Å²) in [6.07, 6.45) is 0.996. The van der Waals surface area contributed by atoms with Gasteiger partial charge in [-0.1, -0.05) is 128 Å². The minimum Gasteiger partial charge on any atom is -0.0616 e. The number of fused-ring (bicyclic) bond motifs is 4. The molecule has 0 aromatic heterocycles. The predicted molar refractivity (Wildman–Crippen MR) is 179 cm³/mol. The minimum atomic E-state index is 0.996. The van der Waals surface area contributed by atoms with Crippen molar-refractivity contribution >= 4 is 59.4 Å². The maximum absolute atomic E-state index is 2.39. The van der Waals surface area contributed by atoms with Crippen molar-refractivity contribution < 1.29 is 0 Å². The highest BCUT2D eigenvalue weighted by atomic mass is 14.2. The van der Waals surface area contributed by atoms with E-state index in [0.717, 1.165) is 6.42 Å². The first-order chi connectivity index (χ1) is 20.2. The van der Waals surface area contributed by atoms with Crippen molar-refractivity contribution in [2.24, 2.45) is 0 Å². The lowest BCUT2D eigenvalue weighted by molar-refractivity contribution is 1.16.